The van der Waals surface area contributed by atoms with Crippen LogP contribution in [0.3, 0.4) is 0 Å². The van der Waals surface area contributed by atoms with Crippen LogP contribution in [0.1, 0.15) is 22.8 Å². The van der Waals surface area contributed by atoms with Gasteiger partial charge in [0.25, 0.3) is 0 Å². The van der Waals surface area contributed by atoms with E-state index in [1.807, 2.05) is 0 Å². The van der Waals surface area contributed by atoms with Crippen LogP contribution in [0.4, 0.5) is 5.00 Å². The van der Waals surface area contributed by atoms with Gasteiger partial charge in [0.1, 0.15) is 10.8 Å². The Morgan fingerprint density at radius 2 is 1.75 bits per heavy atom. The molecule has 1 aromatic carbocycles. The van der Waals surface area contributed by atoms with E-state index in [4.69, 9.17) is 9.47 Å². The fourth-order valence-corrected chi connectivity index (χ4v) is 3.59. The molecule has 0 aliphatic rings. The van der Waals surface area contributed by atoms with E-state index in [1.165, 1.54) is 0 Å². The van der Waals surface area contributed by atoms with E-state index >= 15 is 0 Å². The molecule has 8 nitrogen and oxygen atoms in total. The van der Waals surface area contributed by atoms with Crippen LogP contribution in [-0.4, -0.2) is 31.6 Å². The van der Waals surface area contributed by atoms with Gasteiger partial charge in [0.05, 0.1) is 31.2 Å². The number of benzene rings is 1. The summed E-state index contributed by atoms with van der Waals surface area (Å²) in [6.07, 6.45) is 0.719. The molecule has 2 aromatic rings. The SMILES string of the molecule is CCOC(=O)c1c(NC=C(C(=O)[O-])C(=O)[O-])sc(-c2ccc(OC)cc2)c1C. The number of aliphatic carboxylic acids is 2. The zero-order chi connectivity index (χ0) is 20.8. The van der Waals surface area contributed by atoms with Crippen molar-refractivity contribution in [1.29, 1.82) is 0 Å². The molecule has 0 spiro atoms. The third kappa shape index (κ3) is 4.49. The van der Waals surface area contributed by atoms with Gasteiger partial charge in [-0.25, -0.2) is 4.79 Å². The number of nitrogens with one attached hydrogen (secondary N) is 1. The molecule has 0 radical (unpaired) electrons. The fourth-order valence-electron chi connectivity index (χ4n) is 2.42. The summed E-state index contributed by atoms with van der Waals surface area (Å²) < 4.78 is 10.2. The largest absolute Gasteiger partial charge is 0.545 e. The molecule has 28 heavy (non-hydrogen) atoms. The van der Waals surface area contributed by atoms with Crippen molar-refractivity contribution >= 4 is 34.2 Å². The minimum absolute atomic E-state index is 0.143. The van der Waals surface area contributed by atoms with E-state index in [1.54, 1.807) is 45.2 Å². The molecule has 9 heteroatoms. The molecular formula is C19H17NO7S-2. The number of methoxy groups -OCH3 is 1. The second kappa shape index (κ2) is 9.05. The van der Waals surface area contributed by atoms with Gasteiger partial charge in [0.15, 0.2) is 0 Å². The lowest BCUT2D eigenvalue weighted by Gasteiger charge is -2.10. The van der Waals surface area contributed by atoms with Crippen molar-refractivity contribution in [3.05, 3.63) is 47.2 Å². The number of hydrogen-bond acceptors (Lipinski definition) is 9. The van der Waals surface area contributed by atoms with Crippen LogP contribution in [-0.2, 0) is 14.3 Å². The van der Waals surface area contributed by atoms with E-state index < -0.39 is 23.5 Å². The predicted molar refractivity (Wildman–Crippen MR) is 98.7 cm³/mol. The second-order valence-electron chi connectivity index (χ2n) is 5.49. The molecule has 0 aliphatic carbocycles. The Morgan fingerprint density at radius 1 is 1.14 bits per heavy atom. The standard InChI is InChI=1S/C19H19NO7S/c1-4-27-19(25)14-10(2)15(11-5-7-12(26-3)8-6-11)28-16(14)20-9-13(17(21)22)18(23)24/h5-9,20H,4H2,1-3H3,(H,21,22)(H,23,24)/p-2. The van der Waals surface area contributed by atoms with E-state index in [0.29, 0.717) is 11.3 Å². The molecule has 0 atom stereocenters. The molecule has 0 unspecified atom stereocenters. The number of carboxylic acid groups (broad SMARTS) is 2. The monoisotopic (exact) mass is 403 g/mol. The van der Waals surface area contributed by atoms with Crippen molar-refractivity contribution in [3.63, 3.8) is 0 Å². The quantitative estimate of drug-likeness (QED) is 0.295. The van der Waals surface area contributed by atoms with Gasteiger partial charge < -0.3 is 34.6 Å². The number of hydrogen-bond donors (Lipinski definition) is 1. The van der Waals surface area contributed by atoms with Crippen LogP contribution in [0.15, 0.2) is 36.0 Å². The molecule has 0 saturated heterocycles. The molecule has 0 fully saturated rings. The molecule has 0 bridgehead atoms. The summed E-state index contributed by atoms with van der Waals surface area (Å²) in [6.45, 7) is 3.52. The predicted octanol–water partition coefficient (Wildman–Crippen LogP) is 0.704. The Bertz CT molecular complexity index is 913. The van der Waals surface area contributed by atoms with Crippen molar-refractivity contribution in [2.45, 2.75) is 13.8 Å². The van der Waals surface area contributed by atoms with Gasteiger partial charge >= 0.3 is 5.97 Å². The van der Waals surface area contributed by atoms with Crippen molar-refractivity contribution in [1.82, 2.24) is 0 Å². The van der Waals surface area contributed by atoms with E-state index in [-0.39, 0.29) is 17.2 Å². The minimum Gasteiger partial charge on any atom is -0.545 e. The van der Waals surface area contributed by atoms with Gasteiger partial charge in [0.2, 0.25) is 0 Å². The van der Waals surface area contributed by atoms with Crippen LogP contribution in [0.25, 0.3) is 10.4 Å². The lowest BCUT2D eigenvalue weighted by Crippen LogP contribution is -2.36. The summed E-state index contributed by atoms with van der Waals surface area (Å²) in [7, 11) is 1.55. The van der Waals surface area contributed by atoms with Crippen LogP contribution >= 0.6 is 11.3 Å². The van der Waals surface area contributed by atoms with Crippen molar-refractivity contribution in [3.8, 4) is 16.2 Å². The average molecular weight is 403 g/mol. The summed E-state index contributed by atoms with van der Waals surface area (Å²) in [4.78, 5) is 34.9. The second-order valence-corrected chi connectivity index (χ2v) is 6.51. The third-order valence-corrected chi connectivity index (χ3v) is 5.04. The first-order chi connectivity index (χ1) is 13.3. The number of carbonyl (C=O) groups excluding carboxylic acids is 3. The number of carbonyl (C=O) groups is 3. The van der Waals surface area contributed by atoms with Crippen molar-refractivity contribution in [2.75, 3.05) is 19.0 Å². The van der Waals surface area contributed by atoms with E-state index in [9.17, 15) is 24.6 Å². The fraction of sp³-hybridized carbons (Fsp3) is 0.211. The van der Waals surface area contributed by atoms with Gasteiger partial charge in [-0.05, 0) is 49.2 Å². The normalized spacial score (nSPS) is 10.1. The maximum Gasteiger partial charge on any atom is 0.341 e. The summed E-state index contributed by atoms with van der Waals surface area (Å²) in [5.74, 6) is -3.77. The Morgan fingerprint density at radius 3 is 2.25 bits per heavy atom. The van der Waals surface area contributed by atoms with Gasteiger partial charge in [-0.3, -0.25) is 0 Å². The lowest BCUT2D eigenvalue weighted by molar-refractivity contribution is -0.312. The molecular weight excluding hydrogens is 386 g/mol. The van der Waals surface area contributed by atoms with Gasteiger partial charge in [0, 0.05) is 16.7 Å². The minimum atomic E-state index is -1.91. The molecule has 2 rings (SSSR count). The first kappa shape index (κ1) is 21.0. The summed E-state index contributed by atoms with van der Waals surface area (Å²) >= 11 is 1.15. The molecule has 0 saturated carbocycles. The maximum absolute atomic E-state index is 12.4. The Hall–Kier alpha value is -3.33. The third-order valence-electron chi connectivity index (χ3n) is 3.77. The number of ether oxygens (including phenoxy) is 2. The van der Waals surface area contributed by atoms with Crippen LogP contribution in [0.5, 0.6) is 5.75 Å². The Balaban J connectivity index is 2.53. The summed E-state index contributed by atoms with van der Waals surface area (Å²) in [5.41, 5.74) is 0.510. The molecule has 1 N–H and O–H groups in total. The Labute approximate surface area is 165 Å². The average Bonchev–Trinajstić information content (AvgIpc) is 2.98. The number of anilines is 1. The number of rotatable bonds is 8. The molecule has 148 valence electrons. The van der Waals surface area contributed by atoms with Crippen LogP contribution < -0.4 is 20.3 Å². The van der Waals surface area contributed by atoms with Crippen molar-refractivity contribution < 1.29 is 34.1 Å². The molecule has 0 aliphatic heterocycles. The maximum atomic E-state index is 12.4. The van der Waals surface area contributed by atoms with Gasteiger partial charge in [-0.2, -0.15) is 0 Å². The van der Waals surface area contributed by atoms with Crippen LogP contribution in [0, 0.1) is 6.92 Å². The van der Waals surface area contributed by atoms with E-state index in [0.717, 1.165) is 28.0 Å². The Kier molecular flexibility index (Phi) is 6.78. The van der Waals surface area contributed by atoms with Crippen molar-refractivity contribution in [2.24, 2.45) is 0 Å². The highest BCUT2D eigenvalue weighted by atomic mass is 32.1. The summed E-state index contributed by atoms with van der Waals surface area (Å²) in [5, 5.41) is 24.6. The first-order valence-electron chi connectivity index (χ1n) is 8.14. The molecule has 1 heterocycles. The summed E-state index contributed by atoms with van der Waals surface area (Å²) in [6, 6.07) is 7.13. The number of thiophene rings is 1. The molecule has 0 amide bonds. The van der Waals surface area contributed by atoms with Gasteiger partial charge in [-0.15, -0.1) is 11.3 Å². The number of carboxylic acids is 2. The first-order valence-corrected chi connectivity index (χ1v) is 8.96. The lowest BCUT2D eigenvalue weighted by atomic mass is 10.1. The highest BCUT2D eigenvalue weighted by Crippen LogP contribution is 2.40. The van der Waals surface area contributed by atoms with Gasteiger partial charge in [-0.1, -0.05) is 0 Å². The highest BCUT2D eigenvalue weighted by molar-refractivity contribution is 7.20. The highest BCUT2D eigenvalue weighted by Gasteiger charge is 2.23. The van der Waals surface area contributed by atoms with Crippen LogP contribution in [0.2, 0.25) is 0 Å². The topological polar surface area (TPSA) is 128 Å². The zero-order valence-corrected chi connectivity index (χ0v) is 16.2. The number of esters is 1. The zero-order valence-electron chi connectivity index (χ0n) is 15.4. The van der Waals surface area contributed by atoms with E-state index in [2.05, 4.69) is 5.32 Å². The smallest absolute Gasteiger partial charge is 0.341 e. The molecule has 1 aromatic heterocycles.